The van der Waals surface area contributed by atoms with Crippen molar-refractivity contribution in [3.05, 3.63) is 62.7 Å². The lowest BCUT2D eigenvalue weighted by molar-refractivity contribution is -0.112. The second kappa shape index (κ2) is 8.81. The Balaban J connectivity index is 2.20. The van der Waals surface area contributed by atoms with Crippen LogP contribution in [0.4, 0.5) is 11.4 Å². The molecule has 0 saturated heterocycles. The summed E-state index contributed by atoms with van der Waals surface area (Å²) in [7, 11) is 1.50. The molecule has 0 aliphatic rings. The van der Waals surface area contributed by atoms with Crippen molar-refractivity contribution in [2.24, 2.45) is 0 Å². The molecule has 26 heavy (non-hydrogen) atoms. The van der Waals surface area contributed by atoms with Crippen molar-refractivity contribution in [2.75, 3.05) is 17.7 Å². The molecule has 0 bridgehead atoms. The molecule has 0 atom stereocenters. The Kier molecular flexibility index (Phi) is 6.76. The van der Waals surface area contributed by atoms with E-state index < -0.39 is 5.91 Å². The topological polar surface area (TPSA) is 74.1 Å². The van der Waals surface area contributed by atoms with Crippen molar-refractivity contribution >= 4 is 52.1 Å². The highest BCUT2D eigenvalue weighted by Crippen LogP contribution is 2.31. The Hall–Kier alpha value is -2.39. The van der Waals surface area contributed by atoms with Crippen LogP contribution < -0.4 is 15.4 Å². The number of carbonyl (C=O) groups excluding carboxylic acids is 1. The summed E-state index contributed by atoms with van der Waals surface area (Å²) in [6, 6.07) is 9.87. The minimum absolute atomic E-state index is 0.134. The molecule has 0 heterocycles. The van der Waals surface area contributed by atoms with Gasteiger partial charge in [0.25, 0.3) is 5.91 Å². The molecule has 134 valence electrons. The van der Waals surface area contributed by atoms with E-state index >= 15 is 0 Å². The van der Waals surface area contributed by atoms with Crippen LogP contribution >= 0.6 is 34.8 Å². The summed E-state index contributed by atoms with van der Waals surface area (Å²) >= 11 is 17.8. The molecule has 0 saturated carbocycles. The zero-order valence-corrected chi connectivity index (χ0v) is 16.1. The molecule has 0 unspecified atom stereocenters. The van der Waals surface area contributed by atoms with Crippen LogP contribution in [0.15, 0.2) is 42.1 Å². The second-order valence-corrected chi connectivity index (χ2v) is 6.42. The molecule has 8 heteroatoms. The van der Waals surface area contributed by atoms with Crippen LogP contribution in [0.2, 0.25) is 15.1 Å². The number of hydrogen-bond donors (Lipinski definition) is 2. The van der Waals surface area contributed by atoms with Gasteiger partial charge in [-0.2, -0.15) is 5.26 Å². The zero-order chi connectivity index (χ0) is 19.3. The largest absolute Gasteiger partial charge is 0.495 e. The maximum absolute atomic E-state index is 12.3. The Morgan fingerprint density at radius 1 is 1.15 bits per heavy atom. The van der Waals surface area contributed by atoms with Gasteiger partial charge in [-0.3, -0.25) is 4.79 Å². The van der Waals surface area contributed by atoms with Crippen LogP contribution in [0.3, 0.4) is 0 Å². The van der Waals surface area contributed by atoms with E-state index in [9.17, 15) is 10.1 Å². The summed E-state index contributed by atoms with van der Waals surface area (Å²) in [5.74, 6) is -0.109. The number of amides is 1. The number of hydrogen-bond acceptors (Lipinski definition) is 4. The van der Waals surface area contributed by atoms with Gasteiger partial charge in [-0.05, 0) is 36.8 Å². The second-order valence-electron chi connectivity index (χ2n) is 5.20. The molecule has 2 aromatic rings. The molecule has 0 spiro atoms. The van der Waals surface area contributed by atoms with E-state index in [0.29, 0.717) is 32.2 Å². The zero-order valence-electron chi connectivity index (χ0n) is 13.9. The fourth-order valence-electron chi connectivity index (χ4n) is 2.02. The van der Waals surface area contributed by atoms with E-state index in [-0.39, 0.29) is 5.57 Å². The molecule has 0 radical (unpaired) electrons. The van der Waals surface area contributed by atoms with Crippen molar-refractivity contribution < 1.29 is 9.53 Å². The van der Waals surface area contributed by atoms with Gasteiger partial charge in [0.1, 0.15) is 17.4 Å². The third-order valence-corrected chi connectivity index (χ3v) is 4.54. The minimum atomic E-state index is -0.594. The maximum atomic E-state index is 12.3. The number of methoxy groups -OCH3 is 1. The Bertz CT molecular complexity index is 921. The highest BCUT2D eigenvalue weighted by molar-refractivity contribution is 6.42. The molecule has 2 rings (SSSR count). The van der Waals surface area contributed by atoms with Crippen LogP contribution in [0.5, 0.6) is 5.75 Å². The molecular weight excluding hydrogens is 397 g/mol. The number of rotatable bonds is 5. The van der Waals surface area contributed by atoms with Gasteiger partial charge in [0.15, 0.2) is 0 Å². The van der Waals surface area contributed by atoms with E-state index in [4.69, 9.17) is 39.5 Å². The SMILES string of the molecule is COc1cc(Cl)c(C)cc1N/C=C(/C#N)C(=O)Nc1ccc(Cl)c(Cl)c1. The fraction of sp³-hybridized carbons (Fsp3) is 0.111. The van der Waals surface area contributed by atoms with E-state index in [2.05, 4.69) is 10.6 Å². The smallest absolute Gasteiger partial charge is 0.267 e. The first-order chi connectivity index (χ1) is 12.3. The van der Waals surface area contributed by atoms with Gasteiger partial charge in [0.05, 0.1) is 22.8 Å². The molecule has 5 nitrogen and oxygen atoms in total. The van der Waals surface area contributed by atoms with Crippen molar-refractivity contribution in [3.63, 3.8) is 0 Å². The van der Waals surface area contributed by atoms with E-state index in [0.717, 1.165) is 5.56 Å². The Morgan fingerprint density at radius 3 is 2.50 bits per heavy atom. The predicted molar refractivity (Wildman–Crippen MR) is 105 cm³/mol. The maximum Gasteiger partial charge on any atom is 0.267 e. The van der Waals surface area contributed by atoms with E-state index in [1.165, 1.54) is 19.4 Å². The number of halogens is 3. The molecule has 0 aromatic heterocycles. The molecule has 0 aliphatic carbocycles. The highest BCUT2D eigenvalue weighted by atomic mass is 35.5. The number of benzene rings is 2. The predicted octanol–water partition coefficient (Wildman–Crippen LogP) is 5.42. The summed E-state index contributed by atoms with van der Waals surface area (Å²) in [6.45, 7) is 1.83. The average molecular weight is 411 g/mol. The summed E-state index contributed by atoms with van der Waals surface area (Å²) in [6.07, 6.45) is 1.29. The highest BCUT2D eigenvalue weighted by Gasteiger charge is 2.12. The lowest BCUT2D eigenvalue weighted by Gasteiger charge is -2.11. The van der Waals surface area contributed by atoms with E-state index in [1.54, 1.807) is 24.3 Å². The van der Waals surface area contributed by atoms with Gasteiger partial charge >= 0.3 is 0 Å². The van der Waals surface area contributed by atoms with E-state index in [1.807, 2.05) is 13.0 Å². The summed E-state index contributed by atoms with van der Waals surface area (Å²) in [4.78, 5) is 12.3. The third-order valence-electron chi connectivity index (χ3n) is 3.40. The minimum Gasteiger partial charge on any atom is -0.495 e. The van der Waals surface area contributed by atoms with Crippen molar-refractivity contribution in [3.8, 4) is 11.8 Å². The van der Waals surface area contributed by atoms with Crippen molar-refractivity contribution in [1.29, 1.82) is 5.26 Å². The molecule has 0 fully saturated rings. The van der Waals surface area contributed by atoms with Gasteiger partial charge in [-0.25, -0.2) is 0 Å². The van der Waals surface area contributed by atoms with Crippen LogP contribution in [0.1, 0.15) is 5.56 Å². The molecule has 2 aromatic carbocycles. The number of nitrogens with zero attached hydrogens (tertiary/aromatic N) is 1. The van der Waals surface area contributed by atoms with Gasteiger partial charge in [0, 0.05) is 23.0 Å². The van der Waals surface area contributed by atoms with Crippen LogP contribution in [-0.2, 0) is 4.79 Å². The van der Waals surface area contributed by atoms with Gasteiger partial charge in [0.2, 0.25) is 0 Å². The Morgan fingerprint density at radius 2 is 1.88 bits per heavy atom. The molecular formula is C18H14Cl3N3O2. The van der Waals surface area contributed by atoms with Gasteiger partial charge < -0.3 is 15.4 Å². The number of aryl methyl sites for hydroxylation is 1. The number of nitriles is 1. The molecule has 1 amide bonds. The van der Waals surface area contributed by atoms with Crippen LogP contribution in [0.25, 0.3) is 0 Å². The van der Waals surface area contributed by atoms with Gasteiger partial charge in [-0.15, -0.1) is 0 Å². The number of ether oxygens (including phenoxy) is 1. The molecule has 0 aliphatic heterocycles. The van der Waals surface area contributed by atoms with Crippen LogP contribution in [-0.4, -0.2) is 13.0 Å². The Labute approximate surface area is 166 Å². The monoisotopic (exact) mass is 409 g/mol. The quantitative estimate of drug-likeness (QED) is 0.510. The van der Waals surface area contributed by atoms with Gasteiger partial charge in [-0.1, -0.05) is 34.8 Å². The fourth-order valence-corrected chi connectivity index (χ4v) is 2.47. The summed E-state index contributed by atoms with van der Waals surface area (Å²) in [5.41, 5.74) is 1.68. The lowest BCUT2D eigenvalue weighted by atomic mass is 10.2. The number of nitrogens with one attached hydrogen (secondary N) is 2. The first kappa shape index (κ1) is 19.9. The first-order valence-corrected chi connectivity index (χ1v) is 8.46. The van der Waals surface area contributed by atoms with Crippen molar-refractivity contribution in [1.82, 2.24) is 0 Å². The summed E-state index contributed by atoms with van der Waals surface area (Å²) in [5, 5.41) is 15.9. The van der Waals surface area contributed by atoms with Crippen LogP contribution in [0, 0.1) is 18.3 Å². The summed E-state index contributed by atoms with van der Waals surface area (Å²) < 4.78 is 5.24. The normalized spacial score (nSPS) is 10.8. The first-order valence-electron chi connectivity index (χ1n) is 7.33. The average Bonchev–Trinajstić information content (AvgIpc) is 2.61. The molecule has 2 N–H and O–H groups in total. The third kappa shape index (κ3) is 4.83. The number of anilines is 2. The standard InChI is InChI=1S/C18H14Cl3N3O2/c1-10-5-16(17(26-2)7-14(10)20)23-9-11(8-22)18(25)24-12-3-4-13(19)15(21)6-12/h3-7,9,23H,1-2H3,(H,24,25)/b11-9-. The lowest BCUT2D eigenvalue weighted by Crippen LogP contribution is -2.14. The van der Waals surface area contributed by atoms with Crippen molar-refractivity contribution in [2.45, 2.75) is 6.92 Å². The number of carbonyl (C=O) groups is 1.